The topological polar surface area (TPSA) is 26.7 Å². The second-order valence-electron chi connectivity index (χ2n) is 4.68. The molecule has 1 saturated heterocycles. The monoisotopic (exact) mass is 274 g/mol. The van der Waals surface area contributed by atoms with Crippen molar-refractivity contribution in [1.82, 2.24) is 4.90 Å². The summed E-state index contributed by atoms with van der Waals surface area (Å²) < 4.78 is 36.8. The van der Waals surface area contributed by atoms with Crippen molar-refractivity contribution >= 4 is 5.69 Å². The van der Waals surface area contributed by atoms with Crippen molar-refractivity contribution in [3.63, 3.8) is 0 Å². The van der Waals surface area contributed by atoms with E-state index in [2.05, 4.69) is 4.90 Å². The van der Waals surface area contributed by atoms with Gasteiger partial charge >= 0.3 is 6.18 Å². The number of hydrogen-bond acceptors (Lipinski definition) is 3. The molecule has 1 fully saturated rings. The number of piperazine rings is 1. The van der Waals surface area contributed by atoms with Gasteiger partial charge in [0.15, 0.2) is 6.10 Å². The summed E-state index contributed by atoms with van der Waals surface area (Å²) in [6, 6.07) is 9.78. The van der Waals surface area contributed by atoms with Gasteiger partial charge in [-0.2, -0.15) is 13.2 Å². The minimum atomic E-state index is -4.53. The molecule has 0 radical (unpaired) electrons. The van der Waals surface area contributed by atoms with Gasteiger partial charge in [0.1, 0.15) is 0 Å². The third kappa shape index (κ3) is 3.84. The van der Waals surface area contributed by atoms with Gasteiger partial charge in [0.2, 0.25) is 0 Å². The van der Waals surface area contributed by atoms with Gasteiger partial charge in [-0.1, -0.05) is 18.2 Å². The molecule has 19 heavy (non-hydrogen) atoms. The Labute approximate surface area is 110 Å². The van der Waals surface area contributed by atoms with Crippen LogP contribution in [-0.2, 0) is 0 Å². The fourth-order valence-electron chi connectivity index (χ4n) is 2.18. The number of halogens is 3. The van der Waals surface area contributed by atoms with Gasteiger partial charge in [0, 0.05) is 38.4 Å². The Morgan fingerprint density at radius 2 is 1.63 bits per heavy atom. The molecule has 106 valence electrons. The van der Waals surface area contributed by atoms with Crippen LogP contribution in [0, 0.1) is 0 Å². The van der Waals surface area contributed by atoms with Crippen LogP contribution < -0.4 is 4.90 Å². The van der Waals surface area contributed by atoms with Gasteiger partial charge in [0.25, 0.3) is 0 Å². The maximum absolute atomic E-state index is 12.3. The van der Waals surface area contributed by atoms with Crippen LogP contribution in [0.3, 0.4) is 0 Å². The summed E-state index contributed by atoms with van der Waals surface area (Å²) in [6.07, 6.45) is -6.79. The van der Waals surface area contributed by atoms with E-state index in [0.717, 1.165) is 5.69 Å². The van der Waals surface area contributed by atoms with E-state index in [4.69, 9.17) is 5.11 Å². The first-order valence-corrected chi connectivity index (χ1v) is 6.24. The van der Waals surface area contributed by atoms with E-state index >= 15 is 0 Å². The molecule has 2 rings (SSSR count). The van der Waals surface area contributed by atoms with Gasteiger partial charge in [0.05, 0.1) is 0 Å². The highest BCUT2D eigenvalue weighted by Gasteiger charge is 2.39. The van der Waals surface area contributed by atoms with Crippen molar-refractivity contribution in [3.05, 3.63) is 30.3 Å². The molecular formula is C13H17F3N2O. The number of alkyl halides is 3. The lowest BCUT2D eigenvalue weighted by molar-refractivity contribution is -0.208. The predicted octanol–water partition coefficient (Wildman–Crippen LogP) is 1.73. The standard InChI is InChI=1S/C13H17F3N2O/c14-13(15,16)12(19)10-17-6-8-18(9-7-17)11-4-2-1-3-5-11/h1-5,12,19H,6-10H2. The molecule has 1 atom stereocenters. The third-order valence-electron chi connectivity index (χ3n) is 3.30. The number of rotatable bonds is 3. The van der Waals surface area contributed by atoms with E-state index in [1.54, 1.807) is 4.90 Å². The summed E-state index contributed by atoms with van der Waals surface area (Å²) in [4.78, 5) is 3.79. The highest BCUT2D eigenvalue weighted by Crippen LogP contribution is 2.22. The van der Waals surface area contributed by atoms with E-state index in [-0.39, 0.29) is 6.54 Å². The molecule has 0 bridgehead atoms. The largest absolute Gasteiger partial charge is 0.415 e. The molecule has 6 heteroatoms. The van der Waals surface area contributed by atoms with Crippen molar-refractivity contribution in [3.8, 4) is 0 Å². The van der Waals surface area contributed by atoms with Crippen LogP contribution in [0.5, 0.6) is 0 Å². The fourth-order valence-corrected chi connectivity index (χ4v) is 2.18. The molecule has 1 aliphatic heterocycles. The minimum Gasteiger partial charge on any atom is -0.382 e. The highest BCUT2D eigenvalue weighted by molar-refractivity contribution is 5.46. The molecule has 1 unspecified atom stereocenters. The second-order valence-corrected chi connectivity index (χ2v) is 4.68. The Morgan fingerprint density at radius 3 is 2.16 bits per heavy atom. The summed E-state index contributed by atoms with van der Waals surface area (Å²) in [7, 11) is 0. The number of hydrogen-bond donors (Lipinski definition) is 1. The molecule has 1 aromatic rings. The Balaban J connectivity index is 1.83. The molecule has 0 spiro atoms. The van der Waals surface area contributed by atoms with E-state index in [9.17, 15) is 13.2 Å². The van der Waals surface area contributed by atoms with Crippen LogP contribution in [0.15, 0.2) is 30.3 Å². The molecule has 0 aliphatic carbocycles. The predicted molar refractivity (Wildman–Crippen MR) is 67.2 cm³/mol. The van der Waals surface area contributed by atoms with Crippen molar-refractivity contribution in [2.75, 3.05) is 37.6 Å². The summed E-state index contributed by atoms with van der Waals surface area (Å²) in [5.74, 6) is 0. The van der Waals surface area contributed by atoms with Crippen LogP contribution in [0.1, 0.15) is 0 Å². The van der Waals surface area contributed by atoms with Gasteiger partial charge in [-0.05, 0) is 12.1 Å². The lowest BCUT2D eigenvalue weighted by atomic mass is 10.2. The Morgan fingerprint density at radius 1 is 1.05 bits per heavy atom. The molecule has 0 amide bonds. The lowest BCUT2D eigenvalue weighted by Crippen LogP contribution is -2.50. The Bertz CT molecular complexity index is 389. The zero-order chi connectivity index (χ0) is 13.9. The van der Waals surface area contributed by atoms with E-state index in [0.29, 0.717) is 26.2 Å². The average molecular weight is 274 g/mol. The molecule has 1 aromatic carbocycles. The van der Waals surface area contributed by atoms with Gasteiger partial charge in [-0.15, -0.1) is 0 Å². The first-order chi connectivity index (χ1) is 8.97. The van der Waals surface area contributed by atoms with Crippen LogP contribution in [-0.4, -0.2) is 55.0 Å². The summed E-state index contributed by atoms with van der Waals surface area (Å²) >= 11 is 0. The maximum Gasteiger partial charge on any atom is 0.415 e. The van der Waals surface area contributed by atoms with Crippen molar-refractivity contribution < 1.29 is 18.3 Å². The van der Waals surface area contributed by atoms with Gasteiger partial charge < -0.3 is 10.0 Å². The molecule has 1 aliphatic rings. The average Bonchev–Trinajstić information content (AvgIpc) is 2.39. The molecule has 1 N–H and O–H groups in total. The maximum atomic E-state index is 12.3. The molecule has 0 aromatic heterocycles. The molecular weight excluding hydrogens is 257 g/mol. The minimum absolute atomic E-state index is 0.341. The molecule has 3 nitrogen and oxygen atoms in total. The summed E-state index contributed by atoms with van der Waals surface area (Å²) in [6.45, 7) is 2.07. The Kier molecular flexibility index (Phi) is 4.31. The molecule has 0 saturated carbocycles. The van der Waals surface area contributed by atoms with Crippen LogP contribution in [0.2, 0.25) is 0 Å². The SMILES string of the molecule is OC(CN1CCN(c2ccccc2)CC1)C(F)(F)F. The van der Waals surface area contributed by atoms with Crippen molar-refractivity contribution in [2.24, 2.45) is 0 Å². The third-order valence-corrected chi connectivity index (χ3v) is 3.30. The number of nitrogens with zero attached hydrogens (tertiary/aromatic N) is 2. The highest BCUT2D eigenvalue weighted by atomic mass is 19.4. The van der Waals surface area contributed by atoms with E-state index in [1.165, 1.54) is 0 Å². The van der Waals surface area contributed by atoms with Gasteiger partial charge in [-0.3, -0.25) is 4.90 Å². The normalized spacial score (nSPS) is 19.5. The van der Waals surface area contributed by atoms with Crippen molar-refractivity contribution in [2.45, 2.75) is 12.3 Å². The van der Waals surface area contributed by atoms with Crippen molar-refractivity contribution in [1.29, 1.82) is 0 Å². The fraction of sp³-hybridized carbons (Fsp3) is 0.538. The zero-order valence-corrected chi connectivity index (χ0v) is 10.5. The second kappa shape index (κ2) is 5.79. The lowest BCUT2D eigenvalue weighted by Gasteiger charge is -2.37. The van der Waals surface area contributed by atoms with E-state index in [1.807, 2.05) is 30.3 Å². The smallest absolute Gasteiger partial charge is 0.382 e. The quantitative estimate of drug-likeness (QED) is 0.909. The Hall–Kier alpha value is -1.27. The first kappa shape index (κ1) is 14.1. The first-order valence-electron chi connectivity index (χ1n) is 6.24. The molecule has 1 heterocycles. The number of aliphatic hydroxyl groups is 1. The van der Waals surface area contributed by atoms with Crippen LogP contribution in [0.4, 0.5) is 18.9 Å². The number of para-hydroxylation sites is 1. The van der Waals surface area contributed by atoms with Gasteiger partial charge in [-0.25, -0.2) is 0 Å². The number of benzene rings is 1. The van der Waals surface area contributed by atoms with Crippen LogP contribution in [0.25, 0.3) is 0 Å². The number of anilines is 1. The van der Waals surface area contributed by atoms with E-state index < -0.39 is 12.3 Å². The summed E-state index contributed by atoms with van der Waals surface area (Å²) in [5, 5.41) is 9.04. The zero-order valence-electron chi connectivity index (χ0n) is 10.5. The summed E-state index contributed by atoms with van der Waals surface area (Å²) in [5.41, 5.74) is 1.08. The van der Waals surface area contributed by atoms with Crippen LogP contribution >= 0.6 is 0 Å². The number of aliphatic hydroxyl groups excluding tert-OH is 1. The number of β-amino-alcohol motifs (C(OH)–C–C–N with tert-alkyl or cyclic N) is 1.